The van der Waals surface area contributed by atoms with Crippen LogP contribution in [0.5, 0.6) is 0 Å². The number of nitrogens with one attached hydrogen (secondary N) is 1. The number of ether oxygens (including phenoxy) is 1. The van der Waals surface area contributed by atoms with Gasteiger partial charge in [0.25, 0.3) is 0 Å². The molecule has 0 aromatic carbocycles. The Morgan fingerprint density at radius 3 is 3.00 bits per heavy atom. The predicted octanol–water partition coefficient (Wildman–Crippen LogP) is 0.662. The maximum atomic E-state index is 11.2. The molecule has 1 aromatic rings. The molecule has 5 nitrogen and oxygen atoms in total. The number of hydrogen-bond acceptors (Lipinski definition) is 5. The summed E-state index contributed by atoms with van der Waals surface area (Å²) in [5.41, 5.74) is 1.43. The topological polar surface area (TPSA) is 54.5 Å². The molecule has 1 fully saturated rings. The number of rotatable bonds is 4. The van der Waals surface area contributed by atoms with E-state index >= 15 is 0 Å². The van der Waals surface area contributed by atoms with E-state index in [1.807, 2.05) is 6.07 Å². The van der Waals surface area contributed by atoms with Gasteiger partial charge in [0, 0.05) is 25.3 Å². The Morgan fingerprint density at radius 1 is 1.61 bits per heavy atom. The fourth-order valence-corrected chi connectivity index (χ4v) is 2.12. The minimum atomic E-state index is -0.348. The monoisotopic (exact) mass is 249 g/mol. The molecule has 2 rings (SSSR count). The maximum absolute atomic E-state index is 11.2. The Balaban J connectivity index is 1.85. The SMILES string of the molecule is COC(=O)c1ccc(CNC2CCN(C)C2)nc1. The molecule has 0 spiro atoms. The predicted molar refractivity (Wildman–Crippen MR) is 68.3 cm³/mol. The number of esters is 1. The Labute approximate surface area is 107 Å². The molecule has 18 heavy (non-hydrogen) atoms. The number of aromatic nitrogens is 1. The van der Waals surface area contributed by atoms with Gasteiger partial charge in [-0.15, -0.1) is 0 Å². The highest BCUT2D eigenvalue weighted by Crippen LogP contribution is 2.07. The summed E-state index contributed by atoms with van der Waals surface area (Å²) in [5, 5.41) is 3.47. The number of pyridine rings is 1. The van der Waals surface area contributed by atoms with Crippen LogP contribution in [0.1, 0.15) is 22.5 Å². The molecule has 2 heterocycles. The molecule has 0 radical (unpaired) electrons. The van der Waals surface area contributed by atoms with Gasteiger partial charge in [0.2, 0.25) is 0 Å². The highest BCUT2D eigenvalue weighted by Gasteiger charge is 2.18. The van der Waals surface area contributed by atoms with E-state index in [9.17, 15) is 4.79 Å². The van der Waals surface area contributed by atoms with Crippen LogP contribution in [0, 0.1) is 0 Å². The molecular weight excluding hydrogens is 230 g/mol. The summed E-state index contributed by atoms with van der Waals surface area (Å²) in [4.78, 5) is 17.8. The molecule has 0 aliphatic carbocycles. The van der Waals surface area contributed by atoms with Gasteiger partial charge in [0.15, 0.2) is 0 Å². The van der Waals surface area contributed by atoms with E-state index in [1.165, 1.54) is 13.5 Å². The van der Waals surface area contributed by atoms with Crippen LogP contribution in [0.15, 0.2) is 18.3 Å². The van der Waals surface area contributed by atoms with Crippen molar-refractivity contribution in [1.29, 1.82) is 0 Å². The maximum Gasteiger partial charge on any atom is 0.339 e. The second-order valence-electron chi connectivity index (χ2n) is 4.66. The zero-order chi connectivity index (χ0) is 13.0. The standard InChI is InChI=1S/C13H19N3O2/c1-16-6-5-12(9-16)15-8-11-4-3-10(7-14-11)13(17)18-2/h3-4,7,12,15H,5-6,8-9H2,1-2H3. The summed E-state index contributed by atoms with van der Waals surface area (Å²) >= 11 is 0. The lowest BCUT2D eigenvalue weighted by Crippen LogP contribution is -2.31. The fraction of sp³-hybridized carbons (Fsp3) is 0.538. The first kappa shape index (κ1) is 13.0. The van der Waals surface area contributed by atoms with Crippen molar-refractivity contribution in [3.8, 4) is 0 Å². The van der Waals surface area contributed by atoms with Crippen molar-refractivity contribution in [1.82, 2.24) is 15.2 Å². The molecule has 5 heteroatoms. The van der Waals surface area contributed by atoms with Gasteiger partial charge in [0.05, 0.1) is 18.4 Å². The normalized spacial score (nSPS) is 20.0. The summed E-state index contributed by atoms with van der Waals surface area (Å²) in [6, 6.07) is 4.14. The van der Waals surface area contributed by atoms with Crippen molar-refractivity contribution >= 4 is 5.97 Å². The van der Waals surface area contributed by atoms with Gasteiger partial charge in [-0.05, 0) is 32.1 Å². The van der Waals surface area contributed by atoms with Crippen molar-refractivity contribution < 1.29 is 9.53 Å². The molecule has 1 aromatic heterocycles. The Kier molecular flexibility index (Phi) is 4.28. The van der Waals surface area contributed by atoms with Crippen molar-refractivity contribution in [2.24, 2.45) is 0 Å². The number of carbonyl (C=O) groups is 1. The molecule has 1 N–H and O–H groups in total. The quantitative estimate of drug-likeness (QED) is 0.795. The number of nitrogens with zero attached hydrogens (tertiary/aromatic N) is 2. The third kappa shape index (κ3) is 3.27. The molecule has 98 valence electrons. The third-order valence-electron chi connectivity index (χ3n) is 3.21. The van der Waals surface area contributed by atoms with Gasteiger partial charge in [-0.1, -0.05) is 0 Å². The summed E-state index contributed by atoms with van der Waals surface area (Å²) in [5.74, 6) is -0.348. The highest BCUT2D eigenvalue weighted by molar-refractivity contribution is 5.88. The van der Waals surface area contributed by atoms with Crippen LogP contribution >= 0.6 is 0 Å². The highest BCUT2D eigenvalue weighted by atomic mass is 16.5. The number of likely N-dealkylation sites (tertiary alicyclic amines) is 1. The first-order chi connectivity index (χ1) is 8.69. The van der Waals surface area contributed by atoms with Gasteiger partial charge >= 0.3 is 5.97 Å². The van der Waals surface area contributed by atoms with Crippen molar-refractivity contribution in [3.63, 3.8) is 0 Å². The molecule has 1 saturated heterocycles. The Morgan fingerprint density at radius 2 is 2.44 bits per heavy atom. The molecule has 1 atom stereocenters. The van der Waals surface area contributed by atoms with Gasteiger partial charge in [0.1, 0.15) is 0 Å². The van der Waals surface area contributed by atoms with Crippen LogP contribution in [0.2, 0.25) is 0 Å². The largest absolute Gasteiger partial charge is 0.465 e. The van der Waals surface area contributed by atoms with E-state index < -0.39 is 0 Å². The molecule has 0 bridgehead atoms. The number of hydrogen-bond donors (Lipinski definition) is 1. The average Bonchev–Trinajstić information content (AvgIpc) is 2.82. The Hall–Kier alpha value is -1.46. The van der Waals surface area contributed by atoms with Crippen LogP contribution in [0.25, 0.3) is 0 Å². The van der Waals surface area contributed by atoms with E-state index in [4.69, 9.17) is 0 Å². The van der Waals surface area contributed by atoms with E-state index in [2.05, 4.69) is 27.0 Å². The van der Waals surface area contributed by atoms with E-state index in [-0.39, 0.29) is 5.97 Å². The second-order valence-corrected chi connectivity index (χ2v) is 4.66. The first-order valence-corrected chi connectivity index (χ1v) is 6.14. The Bertz CT molecular complexity index is 405. The van der Waals surface area contributed by atoms with Crippen LogP contribution in [-0.4, -0.2) is 49.1 Å². The van der Waals surface area contributed by atoms with Gasteiger partial charge in [-0.25, -0.2) is 4.79 Å². The van der Waals surface area contributed by atoms with Crippen LogP contribution in [-0.2, 0) is 11.3 Å². The molecular formula is C13H19N3O2. The lowest BCUT2D eigenvalue weighted by atomic mass is 10.2. The summed E-state index contributed by atoms with van der Waals surface area (Å²) in [6.45, 7) is 2.96. The number of methoxy groups -OCH3 is 1. The molecule has 1 aliphatic heterocycles. The third-order valence-corrected chi connectivity index (χ3v) is 3.21. The van der Waals surface area contributed by atoms with Gasteiger partial charge < -0.3 is 15.0 Å². The lowest BCUT2D eigenvalue weighted by Gasteiger charge is -2.12. The molecule has 1 aliphatic rings. The van der Waals surface area contributed by atoms with Crippen molar-refractivity contribution in [2.75, 3.05) is 27.2 Å². The zero-order valence-electron chi connectivity index (χ0n) is 10.8. The van der Waals surface area contributed by atoms with Crippen LogP contribution in [0.4, 0.5) is 0 Å². The first-order valence-electron chi connectivity index (χ1n) is 6.14. The number of likely N-dealkylation sites (N-methyl/N-ethyl adjacent to an activating group) is 1. The molecule has 0 amide bonds. The average molecular weight is 249 g/mol. The second kappa shape index (κ2) is 5.93. The minimum Gasteiger partial charge on any atom is -0.465 e. The zero-order valence-corrected chi connectivity index (χ0v) is 10.8. The molecule has 0 saturated carbocycles. The number of carbonyl (C=O) groups excluding carboxylic acids is 1. The van der Waals surface area contributed by atoms with Crippen LogP contribution in [0.3, 0.4) is 0 Å². The molecule has 1 unspecified atom stereocenters. The fourth-order valence-electron chi connectivity index (χ4n) is 2.12. The van der Waals surface area contributed by atoms with Gasteiger partial charge in [-0.2, -0.15) is 0 Å². The van der Waals surface area contributed by atoms with E-state index in [1.54, 1.807) is 12.3 Å². The van der Waals surface area contributed by atoms with Gasteiger partial charge in [-0.3, -0.25) is 4.98 Å². The van der Waals surface area contributed by atoms with Crippen molar-refractivity contribution in [3.05, 3.63) is 29.6 Å². The van der Waals surface area contributed by atoms with Crippen LogP contribution < -0.4 is 5.32 Å². The van der Waals surface area contributed by atoms with E-state index in [0.29, 0.717) is 11.6 Å². The summed E-state index contributed by atoms with van der Waals surface area (Å²) < 4.78 is 4.63. The lowest BCUT2D eigenvalue weighted by molar-refractivity contribution is 0.0600. The smallest absolute Gasteiger partial charge is 0.339 e. The minimum absolute atomic E-state index is 0.348. The van der Waals surface area contributed by atoms with E-state index in [0.717, 1.165) is 25.3 Å². The van der Waals surface area contributed by atoms with Crippen molar-refractivity contribution in [2.45, 2.75) is 19.0 Å². The summed E-state index contributed by atoms with van der Waals surface area (Å²) in [7, 11) is 3.50. The summed E-state index contributed by atoms with van der Waals surface area (Å²) in [6.07, 6.45) is 2.74.